The van der Waals surface area contributed by atoms with Crippen LogP contribution < -0.4 is 10.1 Å². The molecular formula is C16H15N3O2S2. The van der Waals surface area contributed by atoms with Gasteiger partial charge in [0.1, 0.15) is 10.8 Å². The van der Waals surface area contributed by atoms with Gasteiger partial charge < -0.3 is 10.1 Å². The van der Waals surface area contributed by atoms with Crippen LogP contribution in [0.4, 0.5) is 0 Å². The predicted octanol–water partition coefficient (Wildman–Crippen LogP) is 3.77. The minimum absolute atomic E-state index is 0.121. The van der Waals surface area contributed by atoms with Crippen LogP contribution in [0, 0.1) is 0 Å². The SMILES string of the molecule is COc1csc(C(=O)N[C@H](C)c2nc(-c3cccnc3)cs2)c1. The fourth-order valence-electron chi connectivity index (χ4n) is 2.01. The first-order valence-corrected chi connectivity index (χ1v) is 8.72. The maximum atomic E-state index is 12.2. The van der Waals surface area contributed by atoms with Gasteiger partial charge in [-0.15, -0.1) is 22.7 Å². The molecular weight excluding hydrogens is 330 g/mol. The van der Waals surface area contributed by atoms with E-state index in [0.717, 1.165) is 16.3 Å². The Morgan fingerprint density at radius 3 is 2.91 bits per heavy atom. The van der Waals surface area contributed by atoms with Gasteiger partial charge in [-0.25, -0.2) is 4.98 Å². The standard InChI is InChI=1S/C16H15N3O2S2/c1-10(18-15(20)14-6-12(21-2)8-22-14)16-19-13(9-23-16)11-4-3-5-17-7-11/h3-10H,1-2H3,(H,18,20)/t10-/m1/s1. The first kappa shape index (κ1) is 15.6. The highest BCUT2D eigenvalue weighted by Gasteiger charge is 2.16. The van der Waals surface area contributed by atoms with Crippen LogP contribution in [0.15, 0.2) is 41.4 Å². The van der Waals surface area contributed by atoms with Crippen molar-refractivity contribution < 1.29 is 9.53 Å². The van der Waals surface area contributed by atoms with Crippen LogP contribution in [0.3, 0.4) is 0 Å². The van der Waals surface area contributed by atoms with Gasteiger partial charge in [0.2, 0.25) is 0 Å². The number of nitrogens with one attached hydrogen (secondary N) is 1. The summed E-state index contributed by atoms with van der Waals surface area (Å²) in [6, 6.07) is 5.41. The lowest BCUT2D eigenvalue weighted by Crippen LogP contribution is -2.25. The van der Waals surface area contributed by atoms with Gasteiger partial charge in [-0.2, -0.15) is 0 Å². The largest absolute Gasteiger partial charge is 0.496 e. The van der Waals surface area contributed by atoms with Crippen molar-refractivity contribution in [1.29, 1.82) is 0 Å². The molecule has 3 aromatic rings. The number of hydrogen-bond donors (Lipinski definition) is 1. The minimum Gasteiger partial charge on any atom is -0.496 e. The van der Waals surface area contributed by atoms with E-state index in [1.165, 1.54) is 22.7 Å². The molecule has 0 unspecified atom stereocenters. The number of thiazole rings is 1. The van der Waals surface area contributed by atoms with E-state index in [9.17, 15) is 4.79 Å². The normalized spacial score (nSPS) is 11.9. The smallest absolute Gasteiger partial charge is 0.262 e. The van der Waals surface area contributed by atoms with Crippen LogP contribution in [0.2, 0.25) is 0 Å². The van der Waals surface area contributed by atoms with E-state index >= 15 is 0 Å². The molecule has 0 spiro atoms. The van der Waals surface area contributed by atoms with Gasteiger partial charge in [0.25, 0.3) is 5.91 Å². The van der Waals surface area contributed by atoms with Crippen LogP contribution in [-0.4, -0.2) is 23.0 Å². The summed E-state index contributed by atoms with van der Waals surface area (Å²) in [5, 5.41) is 7.61. The topological polar surface area (TPSA) is 64.1 Å². The van der Waals surface area contributed by atoms with Gasteiger partial charge in [-0.1, -0.05) is 0 Å². The molecule has 1 atom stereocenters. The van der Waals surface area contributed by atoms with Crippen LogP contribution in [0.1, 0.15) is 27.6 Å². The number of nitrogens with zero attached hydrogens (tertiary/aromatic N) is 2. The number of carbonyl (C=O) groups excluding carboxylic acids is 1. The fourth-order valence-corrected chi connectivity index (χ4v) is 3.60. The molecule has 0 saturated carbocycles. The van der Waals surface area contributed by atoms with Crippen LogP contribution in [-0.2, 0) is 0 Å². The summed E-state index contributed by atoms with van der Waals surface area (Å²) in [6.07, 6.45) is 3.51. The number of amides is 1. The third kappa shape index (κ3) is 3.57. The molecule has 1 N–H and O–H groups in total. The highest BCUT2D eigenvalue weighted by molar-refractivity contribution is 7.12. The summed E-state index contributed by atoms with van der Waals surface area (Å²) >= 11 is 2.88. The zero-order chi connectivity index (χ0) is 16.2. The summed E-state index contributed by atoms with van der Waals surface area (Å²) in [5.41, 5.74) is 1.84. The van der Waals surface area contributed by atoms with Crippen molar-refractivity contribution in [1.82, 2.24) is 15.3 Å². The number of ether oxygens (including phenoxy) is 1. The van der Waals surface area contributed by atoms with E-state index in [0.29, 0.717) is 10.6 Å². The van der Waals surface area contributed by atoms with Crippen LogP contribution >= 0.6 is 22.7 Å². The van der Waals surface area contributed by atoms with Crippen molar-refractivity contribution >= 4 is 28.6 Å². The maximum absolute atomic E-state index is 12.2. The predicted molar refractivity (Wildman–Crippen MR) is 92.1 cm³/mol. The van der Waals surface area contributed by atoms with Gasteiger partial charge in [-0.3, -0.25) is 9.78 Å². The molecule has 23 heavy (non-hydrogen) atoms. The second kappa shape index (κ2) is 6.89. The summed E-state index contributed by atoms with van der Waals surface area (Å²) in [5.74, 6) is 0.574. The Bertz CT molecular complexity index is 799. The molecule has 7 heteroatoms. The Morgan fingerprint density at radius 1 is 1.35 bits per heavy atom. The van der Waals surface area contributed by atoms with Gasteiger partial charge in [0, 0.05) is 34.8 Å². The molecule has 3 rings (SSSR count). The molecule has 5 nitrogen and oxygen atoms in total. The molecule has 0 saturated heterocycles. The van der Waals surface area contributed by atoms with Crippen molar-refractivity contribution in [3.63, 3.8) is 0 Å². The Kier molecular flexibility index (Phi) is 4.68. The monoisotopic (exact) mass is 345 g/mol. The van der Waals surface area contributed by atoms with Gasteiger partial charge in [-0.05, 0) is 19.1 Å². The third-order valence-electron chi connectivity index (χ3n) is 3.23. The molecule has 118 valence electrons. The number of carbonyl (C=O) groups is 1. The van der Waals surface area contributed by atoms with E-state index in [-0.39, 0.29) is 11.9 Å². The lowest BCUT2D eigenvalue weighted by Gasteiger charge is -2.10. The molecule has 1 amide bonds. The van der Waals surface area contributed by atoms with Gasteiger partial charge in [0.15, 0.2) is 0 Å². The molecule has 3 heterocycles. The van der Waals surface area contributed by atoms with Crippen molar-refractivity contribution in [2.24, 2.45) is 0 Å². The minimum atomic E-state index is -0.161. The van der Waals surface area contributed by atoms with Crippen LogP contribution in [0.5, 0.6) is 5.75 Å². The van der Waals surface area contributed by atoms with Crippen molar-refractivity contribution in [3.05, 3.63) is 51.2 Å². The molecule has 0 aromatic carbocycles. The molecule has 0 aliphatic rings. The molecule has 3 aromatic heterocycles. The van der Waals surface area contributed by atoms with Crippen molar-refractivity contribution in [2.45, 2.75) is 13.0 Å². The highest BCUT2D eigenvalue weighted by Crippen LogP contribution is 2.26. The van der Waals surface area contributed by atoms with E-state index in [4.69, 9.17) is 4.74 Å². The number of hydrogen-bond acceptors (Lipinski definition) is 6. The number of methoxy groups -OCH3 is 1. The van der Waals surface area contributed by atoms with Crippen molar-refractivity contribution in [2.75, 3.05) is 7.11 Å². The molecule has 0 bridgehead atoms. The van der Waals surface area contributed by atoms with E-state index in [1.54, 1.807) is 25.6 Å². The lowest BCUT2D eigenvalue weighted by molar-refractivity contribution is 0.0943. The first-order valence-electron chi connectivity index (χ1n) is 6.96. The van der Waals surface area contributed by atoms with Gasteiger partial charge in [0.05, 0.1) is 23.7 Å². The Morgan fingerprint density at radius 2 is 2.22 bits per heavy atom. The quantitative estimate of drug-likeness (QED) is 0.764. The zero-order valence-electron chi connectivity index (χ0n) is 12.6. The second-order valence-corrected chi connectivity index (χ2v) is 6.66. The molecule has 0 fully saturated rings. The maximum Gasteiger partial charge on any atom is 0.262 e. The fraction of sp³-hybridized carbons (Fsp3) is 0.188. The average Bonchev–Trinajstić information content (AvgIpc) is 3.25. The number of aromatic nitrogens is 2. The van der Waals surface area contributed by atoms with Crippen molar-refractivity contribution in [3.8, 4) is 17.0 Å². The first-order chi connectivity index (χ1) is 11.2. The van der Waals surface area contributed by atoms with E-state index < -0.39 is 0 Å². The molecule has 0 aliphatic carbocycles. The summed E-state index contributed by atoms with van der Waals surface area (Å²) in [6.45, 7) is 1.93. The average molecular weight is 345 g/mol. The highest BCUT2D eigenvalue weighted by atomic mass is 32.1. The summed E-state index contributed by atoms with van der Waals surface area (Å²) in [7, 11) is 1.59. The molecule has 0 aliphatic heterocycles. The molecule has 0 radical (unpaired) electrons. The summed E-state index contributed by atoms with van der Waals surface area (Å²) in [4.78, 5) is 21.6. The number of thiophene rings is 1. The van der Waals surface area contributed by atoms with Crippen LogP contribution in [0.25, 0.3) is 11.3 Å². The lowest BCUT2D eigenvalue weighted by atomic mass is 10.2. The zero-order valence-corrected chi connectivity index (χ0v) is 14.3. The number of rotatable bonds is 5. The number of pyridine rings is 1. The van der Waals surface area contributed by atoms with E-state index in [2.05, 4.69) is 15.3 Å². The van der Waals surface area contributed by atoms with E-state index in [1.807, 2.05) is 29.8 Å². The van der Waals surface area contributed by atoms with Gasteiger partial charge >= 0.3 is 0 Å². The Labute approximate surface area is 142 Å². The Hall–Kier alpha value is -2.25. The Balaban J connectivity index is 1.70. The third-order valence-corrected chi connectivity index (χ3v) is 5.17. The summed E-state index contributed by atoms with van der Waals surface area (Å²) < 4.78 is 5.10. The second-order valence-electron chi connectivity index (χ2n) is 4.86.